The molecule has 36 heteroatoms. The number of alkyl halides is 4. The second kappa shape index (κ2) is 75.8. The van der Waals surface area contributed by atoms with Crippen LogP contribution in [0.2, 0.25) is 0 Å². The maximum atomic E-state index is 16.6. The zero-order chi connectivity index (χ0) is 99.0. The van der Waals surface area contributed by atoms with E-state index in [1.807, 2.05) is 0 Å². The van der Waals surface area contributed by atoms with E-state index in [0.29, 0.717) is 66.4 Å². The molecule has 0 aliphatic carbocycles. The second-order valence-electron chi connectivity index (χ2n) is 37.0. The third-order valence-electron chi connectivity index (χ3n) is 25.1. The number of esters is 6. The van der Waals surface area contributed by atoms with Gasteiger partial charge in [-0.1, -0.05) is 381 Å². The maximum absolute atomic E-state index is 16.6. The van der Waals surface area contributed by atoms with Gasteiger partial charge >= 0.3 is 74.7 Å². The summed E-state index contributed by atoms with van der Waals surface area (Å²) >= 11 is 0. The van der Waals surface area contributed by atoms with Gasteiger partial charge in [-0.25, -0.2) is 36.8 Å². The molecule has 136 heavy (non-hydrogen) atoms. The normalized spacial score (nSPS) is 17.5. The number of carbonyl (C=O) groups is 6. The lowest BCUT2D eigenvalue weighted by Gasteiger charge is -2.25. The van der Waals surface area contributed by atoms with Crippen LogP contribution in [-0.4, -0.2) is 132 Å². The summed E-state index contributed by atoms with van der Waals surface area (Å²) in [7, 11) is -9.87. The Morgan fingerprint density at radius 3 is 0.779 bits per heavy atom. The largest absolute Gasteiger partial charge is 0.480 e. The van der Waals surface area contributed by atoms with E-state index in [9.17, 15) is 47.5 Å². The molecule has 0 spiro atoms. The Balaban J connectivity index is 1.14. The molecule has 30 nitrogen and oxygen atoms in total. The van der Waals surface area contributed by atoms with Crippen LogP contribution in [0, 0.1) is 5.92 Å². The third-order valence-corrected chi connectivity index (χ3v) is 27.7. The number of hydrogen-bond acceptors (Lipinski definition) is 28. The van der Waals surface area contributed by atoms with E-state index in [4.69, 9.17) is 76.5 Å². The zero-order valence-corrected chi connectivity index (χ0v) is 85.2. The molecule has 4 heterocycles. The number of aromatic nitrogens is 4. The van der Waals surface area contributed by atoms with E-state index in [2.05, 4.69) is 44.6 Å². The number of nitrogens with zero attached hydrogens (tertiary/aromatic N) is 4. The van der Waals surface area contributed by atoms with Crippen LogP contribution in [0.15, 0.2) is 34.1 Å². The molecule has 0 amide bonds. The van der Waals surface area contributed by atoms with Crippen molar-refractivity contribution in [2.24, 2.45) is 5.92 Å². The summed E-state index contributed by atoms with van der Waals surface area (Å²) in [5.74, 6) is -12.5. The SMILES string of the molecule is CCCCCCCCCCCCCCCCC(=O)O[C@@H]1[C@@H](COP(=O)(OCOC(=O)CCCCCCCCCCCC)OCOC(=O)CCCCCCCCC(CCC)CCCCCCCCCCCCCCCCC(=O)O[C@@H]2[C@@H](COP(=O)(OCOC(=O)CCCCCCCC)OCOC(=O)CCCCCCCC)O[C@@H](n3ccc(N)nc3=O)C2(F)F)O[C@@H](n2ccc(N)nc2=O)C1(F)F. The van der Waals surface area contributed by atoms with Crippen LogP contribution in [0.1, 0.15) is 471 Å². The van der Waals surface area contributed by atoms with Gasteiger partial charge in [0.2, 0.25) is 39.6 Å². The van der Waals surface area contributed by atoms with Crippen LogP contribution in [0.4, 0.5) is 29.2 Å². The highest BCUT2D eigenvalue weighted by atomic mass is 31.2. The first-order chi connectivity index (χ1) is 65.7. The zero-order valence-electron chi connectivity index (χ0n) is 83.4. The van der Waals surface area contributed by atoms with E-state index in [1.54, 1.807) is 0 Å². The smallest absolute Gasteiger partial charge is 0.453 e. The quantitative estimate of drug-likeness (QED) is 0.0155. The van der Waals surface area contributed by atoms with E-state index >= 15 is 17.6 Å². The summed E-state index contributed by atoms with van der Waals surface area (Å²) in [4.78, 5) is 111. The monoisotopic (exact) mass is 1980 g/mol. The van der Waals surface area contributed by atoms with Gasteiger partial charge in [-0.15, -0.1) is 0 Å². The van der Waals surface area contributed by atoms with Gasteiger partial charge in [-0.2, -0.15) is 27.5 Å². The standard InChI is InChI=1S/C100H174F4N6O24P2/c1-6-11-15-19-23-25-27-28-32-35-39-43-53-61-70-91(115)133-94-84(132-96(100(94,103)104)110-75-73-86(106)108-98(110)118)77-126-136(120,129-80-123-89(113)68-59-51-42-38-26-24-20-16-12-7-2)130-81-124-90(114)69-60-52-46-45-48-56-65-82(63-10-5)64-55-47-41-37-34-31-29-30-33-36-40-44-54-62-71-92(116)134-93-83(131-95(99(93,101)102)109-74-72-85(105)107-97(109)117)76-125-135(119,127-78-121-87(111)66-57-49-21-17-13-8-3)128-79-122-88(112)67-58-50-22-18-14-9-4/h72-75,82-84,93-96H,6-71,76-81H2,1-5H3,(H2,105,107,117)(H2,106,108,118)/t82?,83-,84-,93-,94-,95-,96-,136?/m1/s1. The molecule has 2 aliphatic heterocycles. The fraction of sp³-hybridized carbons (Fsp3) is 0.860. The Morgan fingerprint density at radius 1 is 0.331 bits per heavy atom. The summed E-state index contributed by atoms with van der Waals surface area (Å²) < 4.78 is 171. The van der Waals surface area contributed by atoms with Gasteiger partial charge in [0, 0.05) is 50.9 Å². The average molecular weight is 1980 g/mol. The number of anilines is 2. The van der Waals surface area contributed by atoms with Crippen molar-refractivity contribution >= 4 is 63.1 Å². The van der Waals surface area contributed by atoms with Crippen LogP contribution in [-0.2, 0) is 103 Å². The summed E-state index contributed by atoms with van der Waals surface area (Å²) in [6.07, 6.45) is 49.5. The van der Waals surface area contributed by atoms with Crippen LogP contribution in [0.25, 0.3) is 0 Å². The molecule has 2 aromatic heterocycles. The Labute approximate surface area is 809 Å². The molecule has 786 valence electrons. The first-order valence-electron chi connectivity index (χ1n) is 52.6. The van der Waals surface area contributed by atoms with Crippen molar-refractivity contribution in [2.75, 3.05) is 51.9 Å². The van der Waals surface area contributed by atoms with Crippen molar-refractivity contribution in [3.63, 3.8) is 0 Å². The highest BCUT2D eigenvalue weighted by Crippen LogP contribution is 2.54. The van der Waals surface area contributed by atoms with Crippen LogP contribution in [0.5, 0.6) is 0 Å². The van der Waals surface area contributed by atoms with Crippen LogP contribution in [0.3, 0.4) is 0 Å². The Bertz CT molecular complexity index is 3690. The molecule has 2 unspecified atom stereocenters. The number of ether oxygens (including phenoxy) is 8. The number of halogens is 4. The van der Waals surface area contributed by atoms with Gasteiger partial charge in [0.1, 0.15) is 23.8 Å². The Hall–Kier alpha value is -5.96. The van der Waals surface area contributed by atoms with E-state index in [-0.39, 0.29) is 50.2 Å². The predicted molar refractivity (Wildman–Crippen MR) is 515 cm³/mol. The molecular formula is C100H174F4N6O24P2. The number of rotatable bonds is 90. The fourth-order valence-electron chi connectivity index (χ4n) is 17.0. The lowest BCUT2D eigenvalue weighted by molar-refractivity contribution is -0.177. The van der Waals surface area contributed by atoms with E-state index < -0.39 is 152 Å². The maximum Gasteiger partial charge on any atom is 0.480 e. The van der Waals surface area contributed by atoms with Crippen molar-refractivity contribution in [1.29, 1.82) is 0 Å². The molecule has 2 aliphatic rings. The molecule has 4 rings (SSSR count). The van der Waals surface area contributed by atoms with Gasteiger partial charge < -0.3 is 49.4 Å². The topological polar surface area (TPSA) is 388 Å². The average Bonchev–Trinajstić information content (AvgIpc) is 1.61. The van der Waals surface area contributed by atoms with Crippen molar-refractivity contribution < 1.29 is 120 Å². The number of unbranched alkanes of at least 4 members (excludes halogenated alkanes) is 50. The molecule has 0 aromatic carbocycles. The fourth-order valence-corrected chi connectivity index (χ4v) is 18.8. The van der Waals surface area contributed by atoms with Crippen molar-refractivity contribution in [3.8, 4) is 0 Å². The molecule has 4 N–H and O–H groups in total. The van der Waals surface area contributed by atoms with Crippen LogP contribution >= 0.6 is 15.6 Å². The highest BCUT2D eigenvalue weighted by Gasteiger charge is 2.64. The summed E-state index contributed by atoms with van der Waals surface area (Å²) in [6.45, 7) is 5.06. The number of phosphoric ester groups is 2. The van der Waals surface area contributed by atoms with Gasteiger partial charge in [0.15, 0.2) is 12.2 Å². The van der Waals surface area contributed by atoms with Gasteiger partial charge in [-0.3, -0.25) is 46.9 Å². The van der Waals surface area contributed by atoms with Crippen molar-refractivity contribution in [3.05, 3.63) is 45.5 Å². The molecule has 2 fully saturated rings. The Kier molecular flexibility index (Phi) is 68.2. The first-order valence-corrected chi connectivity index (χ1v) is 55.5. The lowest BCUT2D eigenvalue weighted by Crippen LogP contribution is -2.44. The van der Waals surface area contributed by atoms with Crippen LogP contribution < -0.4 is 22.8 Å². The third kappa shape index (κ3) is 55.5. The number of carbonyl (C=O) groups excluding carboxylic acids is 6. The molecule has 0 radical (unpaired) electrons. The van der Waals surface area contributed by atoms with Gasteiger partial charge in [0.05, 0.1) is 13.2 Å². The molecule has 0 saturated carbocycles. The van der Waals surface area contributed by atoms with Gasteiger partial charge in [0.25, 0.3) is 0 Å². The Morgan fingerprint density at radius 2 is 0.551 bits per heavy atom. The minimum atomic E-state index is -4.96. The minimum absolute atomic E-state index is 0.0272. The molecule has 2 aromatic rings. The second-order valence-corrected chi connectivity index (χ2v) is 40.3. The van der Waals surface area contributed by atoms with Crippen molar-refractivity contribution in [2.45, 2.75) is 507 Å². The number of nitrogens with two attached hydrogens (primary N) is 2. The van der Waals surface area contributed by atoms with Crippen molar-refractivity contribution in [1.82, 2.24) is 19.1 Å². The number of nitrogen functional groups attached to an aromatic ring is 2. The summed E-state index contributed by atoms with van der Waals surface area (Å²) in [5, 5.41) is 0. The molecule has 0 bridgehead atoms. The number of hydrogen-bond donors (Lipinski definition) is 2. The summed E-state index contributed by atoms with van der Waals surface area (Å²) in [6, 6.07) is 2.23. The molecule has 2 saturated heterocycles. The van der Waals surface area contributed by atoms with E-state index in [1.165, 1.54) is 141 Å². The highest BCUT2D eigenvalue weighted by molar-refractivity contribution is 7.48. The predicted octanol–water partition coefficient (Wildman–Crippen LogP) is 26.3. The minimum Gasteiger partial charge on any atom is -0.453 e. The number of phosphoric acid groups is 2. The summed E-state index contributed by atoms with van der Waals surface area (Å²) in [5.41, 5.74) is 8.98. The van der Waals surface area contributed by atoms with Gasteiger partial charge in [-0.05, 0) is 56.6 Å². The van der Waals surface area contributed by atoms with E-state index in [0.717, 1.165) is 217 Å². The lowest BCUT2D eigenvalue weighted by atomic mass is 9.90. The molecular weight excluding hydrogens is 1810 g/mol. The molecule has 8 atom stereocenters. The first kappa shape index (κ1) is 122.